The average Bonchev–Trinajstić information content (AvgIpc) is 2.73. The van der Waals surface area contributed by atoms with Gasteiger partial charge in [-0.3, -0.25) is 0 Å². The molecule has 0 aliphatic carbocycles. The highest BCUT2D eigenvalue weighted by atomic mass is 79.9. The second kappa shape index (κ2) is 5.15. The van der Waals surface area contributed by atoms with Gasteiger partial charge in [0.15, 0.2) is 0 Å². The zero-order valence-corrected chi connectivity index (χ0v) is 10.8. The second-order valence-corrected chi connectivity index (χ2v) is 5.15. The fourth-order valence-corrected chi connectivity index (χ4v) is 2.75. The molecule has 0 spiro atoms. The summed E-state index contributed by atoms with van der Waals surface area (Å²) < 4.78 is 1.10. The minimum absolute atomic E-state index is 0.679. The summed E-state index contributed by atoms with van der Waals surface area (Å²) in [5, 5.41) is 14.2. The number of rotatable bonds is 3. The number of halogens is 1. The third-order valence-electron chi connectivity index (χ3n) is 2.12. The van der Waals surface area contributed by atoms with Gasteiger partial charge in [-0.25, -0.2) is 0 Å². The van der Waals surface area contributed by atoms with E-state index in [2.05, 4.69) is 33.4 Å². The molecule has 0 atom stereocenters. The van der Waals surface area contributed by atoms with Gasteiger partial charge in [-0.05, 0) is 34.1 Å². The number of hydrogen-bond acceptors (Lipinski definition) is 3. The third kappa shape index (κ3) is 2.63. The molecule has 1 heterocycles. The Kier molecular flexibility index (Phi) is 3.60. The Morgan fingerprint density at radius 2 is 2.19 bits per heavy atom. The van der Waals surface area contributed by atoms with E-state index in [4.69, 9.17) is 5.26 Å². The van der Waals surface area contributed by atoms with E-state index >= 15 is 0 Å². The Balaban J connectivity index is 2.08. The highest BCUT2D eigenvalue weighted by Crippen LogP contribution is 2.21. The van der Waals surface area contributed by atoms with Crippen LogP contribution in [0.2, 0.25) is 0 Å². The summed E-state index contributed by atoms with van der Waals surface area (Å²) in [6.07, 6.45) is 0. The lowest BCUT2D eigenvalue weighted by Gasteiger charge is -2.05. The molecule has 0 unspecified atom stereocenters. The zero-order valence-electron chi connectivity index (χ0n) is 8.40. The van der Waals surface area contributed by atoms with Crippen LogP contribution in [0.4, 0.5) is 5.69 Å². The molecule has 0 saturated carbocycles. The van der Waals surface area contributed by atoms with Crippen LogP contribution in [0.15, 0.2) is 40.2 Å². The van der Waals surface area contributed by atoms with Crippen LogP contribution in [0.5, 0.6) is 0 Å². The maximum Gasteiger partial charge on any atom is 0.101 e. The van der Waals surface area contributed by atoms with E-state index in [0.29, 0.717) is 5.56 Å². The van der Waals surface area contributed by atoms with Crippen molar-refractivity contribution in [3.63, 3.8) is 0 Å². The van der Waals surface area contributed by atoms with Gasteiger partial charge in [0.1, 0.15) is 6.07 Å². The molecule has 80 valence electrons. The molecule has 0 fully saturated rings. The first-order valence-electron chi connectivity index (χ1n) is 4.75. The van der Waals surface area contributed by atoms with Crippen molar-refractivity contribution in [2.75, 3.05) is 5.32 Å². The number of hydrogen-bond donors (Lipinski definition) is 1. The molecule has 2 nitrogen and oxygen atoms in total. The van der Waals surface area contributed by atoms with Crippen molar-refractivity contribution in [3.05, 3.63) is 50.6 Å². The number of para-hydroxylation sites is 1. The van der Waals surface area contributed by atoms with Gasteiger partial charge < -0.3 is 5.32 Å². The third-order valence-corrected chi connectivity index (χ3v) is 3.82. The Hall–Kier alpha value is -1.31. The molecule has 4 heteroatoms. The smallest absolute Gasteiger partial charge is 0.101 e. The molecule has 0 saturated heterocycles. The number of nitrogens with one attached hydrogen (secondary N) is 1. The van der Waals surface area contributed by atoms with Gasteiger partial charge in [0, 0.05) is 21.3 Å². The highest BCUT2D eigenvalue weighted by Gasteiger charge is 2.01. The van der Waals surface area contributed by atoms with Crippen molar-refractivity contribution < 1.29 is 0 Å². The number of nitriles is 1. The topological polar surface area (TPSA) is 35.8 Å². The van der Waals surface area contributed by atoms with Gasteiger partial charge in [0.25, 0.3) is 0 Å². The first kappa shape index (κ1) is 11.2. The van der Waals surface area contributed by atoms with Crippen molar-refractivity contribution in [1.29, 1.82) is 5.26 Å². The van der Waals surface area contributed by atoms with E-state index in [-0.39, 0.29) is 0 Å². The van der Waals surface area contributed by atoms with Crippen molar-refractivity contribution >= 4 is 33.0 Å². The van der Waals surface area contributed by atoms with Crippen LogP contribution in [0.25, 0.3) is 0 Å². The zero-order chi connectivity index (χ0) is 11.4. The van der Waals surface area contributed by atoms with E-state index in [1.165, 1.54) is 4.88 Å². The Morgan fingerprint density at radius 1 is 1.38 bits per heavy atom. The summed E-state index contributed by atoms with van der Waals surface area (Å²) in [6, 6.07) is 11.8. The van der Waals surface area contributed by atoms with E-state index in [1.807, 2.05) is 29.6 Å². The molecule has 2 rings (SSSR count). The molecule has 16 heavy (non-hydrogen) atoms. The SMILES string of the molecule is N#Cc1ccccc1NCc1cc(Br)cs1. The lowest BCUT2D eigenvalue weighted by atomic mass is 10.2. The molecule has 2 aromatic rings. The molecule has 1 N–H and O–H groups in total. The van der Waals surface area contributed by atoms with Crippen molar-refractivity contribution in [2.45, 2.75) is 6.54 Å². The molecule has 0 aliphatic heterocycles. The standard InChI is InChI=1S/C12H9BrN2S/c13-10-5-11(16-8-10)7-15-12-4-2-1-3-9(12)6-14/h1-5,8,15H,7H2. The summed E-state index contributed by atoms with van der Waals surface area (Å²) >= 11 is 5.11. The van der Waals surface area contributed by atoms with Gasteiger partial charge in [-0.2, -0.15) is 5.26 Å². The first-order valence-corrected chi connectivity index (χ1v) is 6.43. The molecular formula is C12H9BrN2S. The summed E-state index contributed by atoms with van der Waals surface area (Å²) in [7, 11) is 0. The number of nitrogens with zero attached hydrogens (tertiary/aromatic N) is 1. The van der Waals surface area contributed by atoms with Crippen molar-refractivity contribution in [2.24, 2.45) is 0 Å². The molecule has 1 aromatic carbocycles. The minimum Gasteiger partial charge on any atom is -0.379 e. The van der Waals surface area contributed by atoms with E-state index in [0.717, 1.165) is 16.7 Å². The van der Waals surface area contributed by atoms with E-state index in [1.54, 1.807) is 11.3 Å². The predicted molar refractivity (Wildman–Crippen MR) is 70.5 cm³/mol. The number of benzene rings is 1. The van der Waals surface area contributed by atoms with Crippen molar-refractivity contribution in [1.82, 2.24) is 0 Å². The maximum absolute atomic E-state index is 8.92. The largest absolute Gasteiger partial charge is 0.379 e. The molecule has 0 radical (unpaired) electrons. The lowest BCUT2D eigenvalue weighted by Crippen LogP contribution is -1.99. The molecular weight excluding hydrogens is 284 g/mol. The highest BCUT2D eigenvalue weighted by molar-refractivity contribution is 9.10. The summed E-state index contributed by atoms with van der Waals surface area (Å²) in [5.41, 5.74) is 1.56. The second-order valence-electron chi connectivity index (χ2n) is 3.24. The molecule has 0 aliphatic rings. The monoisotopic (exact) mass is 292 g/mol. The van der Waals surface area contributed by atoms with Crippen LogP contribution >= 0.6 is 27.3 Å². The van der Waals surface area contributed by atoms with Crippen LogP contribution in [0, 0.1) is 11.3 Å². The van der Waals surface area contributed by atoms with Crippen molar-refractivity contribution in [3.8, 4) is 6.07 Å². The number of anilines is 1. The van der Waals surface area contributed by atoms with Crippen LogP contribution < -0.4 is 5.32 Å². The summed E-state index contributed by atoms with van der Waals surface area (Å²) in [6.45, 7) is 0.745. The normalized spacial score (nSPS) is 9.75. The Morgan fingerprint density at radius 3 is 2.88 bits per heavy atom. The van der Waals surface area contributed by atoms with Gasteiger partial charge >= 0.3 is 0 Å². The molecule has 0 amide bonds. The van der Waals surface area contributed by atoms with Crippen LogP contribution in [-0.4, -0.2) is 0 Å². The Labute approximate surface area is 107 Å². The predicted octanol–water partition coefficient (Wildman–Crippen LogP) is 3.99. The van der Waals surface area contributed by atoms with E-state index in [9.17, 15) is 0 Å². The van der Waals surface area contributed by atoms with E-state index < -0.39 is 0 Å². The average molecular weight is 293 g/mol. The van der Waals surface area contributed by atoms with Gasteiger partial charge in [0.05, 0.1) is 11.3 Å². The van der Waals surface area contributed by atoms with Crippen LogP contribution in [-0.2, 0) is 6.54 Å². The fourth-order valence-electron chi connectivity index (χ4n) is 1.36. The van der Waals surface area contributed by atoms with Crippen LogP contribution in [0.1, 0.15) is 10.4 Å². The lowest BCUT2D eigenvalue weighted by molar-refractivity contribution is 1.19. The molecule has 1 aromatic heterocycles. The van der Waals surface area contributed by atoms with Crippen LogP contribution in [0.3, 0.4) is 0 Å². The van der Waals surface area contributed by atoms with Gasteiger partial charge in [0.2, 0.25) is 0 Å². The number of thiophene rings is 1. The maximum atomic E-state index is 8.92. The van der Waals surface area contributed by atoms with Gasteiger partial charge in [-0.1, -0.05) is 12.1 Å². The minimum atomic E-state index is 0.679. The van der Waals surface area contributed by atoms with Gasteiger partial charge in [-0.15, -0.1) is 11.3 Å². The summed E-state index contributed by atoms with van der Waals surface area (Å²) in [4.78, 5) is 1.24. The first-order chi connectivity index (χ1) is 7.79. The fraction of sp³-hybridized carbons (Fsp3) is 0.0833. The Bertz CT molecular complexity index is 528. The summed E-state index contributed by atoms with van der Waals surface area (Å²) in [5.74, 6) is 0. The molecule has 0 bridgehead atoms. The quantitative estimate of drug-likeness (QED) is 0.928.